The van der Waals surface area contributed by atoms with Crippen LogP contribution in [0.2, 0.25) is 0 Å². The topological polar surface area (TPSA) is 81.4 Å². The summed E-state index contributed by atoms with van der Waals surface area (Å²) in [5.74, 6) is -0.426. The maximum atomic E-state index is 14.3. The Kier molecular flexibility index (Phi) is 5.86. The van der Waals surface area contributed by atoms with Crippen LogP contribution in [-0.4, -0.2) is 36.7 Å². The fourth-order valence-electron chi connectivity index (χ4n) is 3.07. The predicted molar refractivity (Wildman–Crippen MR) is 110 cm³/mol. The summed E-state index contributed by atoms with van der Waals surface area (Å²) >= 11 is 0. The van der Waals surface area contributed by atoms with Crippen molar-refractivity contribution in [3.05, 3.63) is 60.1 Å². The van der Waals surface area contributed by atoms with E-state index in [0.29, 0.717) is 28.1 Å². The first kappa shape index (κ1) is 20.8. The van der Waals surface area contributed by atoms with E-state index in [0.717, 1.165) is 6.26 Å². The average molecular weight is 416 g/mol. The molecule has 6 nitrogen and oxygen atoms in total. The standard InChI is InChI=1S/C21H21FN2O4S/c1-4-11-24-18(13-25)20(15-7-10-19(28-2)17(22)12-15)21(23-24)14-5-8-16(9-6-14)29(3,26)27/h4-12,25H,13H2,1-3H3. The zero-order chi connectivity index (χ0) is 21.2. The van der Waals surface area contributed by atoms with Gasteiger partial charge in [-0.05, 0) is 36.8 Å². The van der Waals surface area contributed by atoms with Gasteiger partial charge in [0.15, 0.2) is 21.4 Å². The van der Waals surface area contributed by atoms with Crippen LogP contribution in [0.1, 0.15) is 12.6 Å². The van der Waals surface area contributed by atoms with E-state index in [1.807, 2.05) is 6.92 Å². The molecule has 1 heterocycles. The summed E-state index contributed by atoms with van der Waals surface area (Å²) in [6.07, 6.45) is 4.59. The van der Waals surface area contributed by atoms with Crippen LogP contribution in [0.25, 0.3) is 28.6 Å². The number of allylic oxidation sites excluding steroid dienone is 1. The number of sulfone groups is 1. The highest BCUT2D eigenvalue weighted by Gasteiger charge is 2.21. The first-order valence-corrected chi connectivity index (χ1v) is 10.7. The Morgan fingerprint density at radius 3 is 2.34 bits per heavy atom. The molecule has 0 radical (unpaired) electrons. The largest absolute Gasteiger partial charge is 0.494 e. The van der Waals surface area contributed by atoms with Crippen LogP contribution in [-0.2, 0) is 16.4 Å². The smallest absolute Gasteiger partial charge is 0.175 e. The van der Waals surface area contributed by atoms with Crippen molar-refractivity contribution < 1.29 is 22.7 Å². The number of rotatable bonds is 6. The maximum absolute atomic E-state index is 14.3. The Labute approximate surface area is 168 Å². The third-order valence-corrected chi connectivity index (χ3v) is 5.57. The number of benzene rings is 2. The Morgan fingerprint density at radius 1 is 1.17 bits per heavy atom. The molecule has 0 atom stereocenters. The lowest BCUT2D eigenvalue weighted by molar-refractivity contribution is 0.274. The summed E-state index contributed by atoms with van der Waals surface area (Å²) < 4.78 is 44.3. The van der Waals surface area contributed by atoms with Crippen LogP contribution in [0.3, 0.4) is 0 Å². The number of nitrogens with zero attached hydrogens (tertiary/aromatic N) is 2. The molecule has 0 fully saturated rings. The van der Waals surface area contributed by atoms with Gasteiger partial charge in [-0.1, -0.05) is 24.3 Å². The molecular formula is C21H21FN2O4S. The summed E-state index contributed by atoms with van der Waals surface area (Å²) in [7, 11) is -1.95. The molecule has 3 rings (SSSR count). The van der Waals surface area contributed by atoms with Crippen molar-refractivity contribution in [2.75, 3.05) is 13.4 Å². The number of aromatic nitrogens is 2. The van der Waals surface area contributed by atoms with Gasteiger partial charge >= 0.3 is 0 Å². The van der Waals surface area contributed by atoms with Crippen molar-refractivity contribution in [3.8, 4) is 28.1 Å². The molecule has 0 aliphatic carbocycles. The van der Waals surface area contributed by atoms with Crippen LogP contribution in [0.5, 0.6) is 5.75 Å². The molecule has 29 heavy (non-hydrogen) atoms. The first-order valence-electron chi connectivity index (χ1n) is 8.79. The van der Waals surface area contributed by atoms with Gasteiger partial charge < -0.3 is 9.84 Å². The Balaban J connectivity index is 2.25. The van der Waals surface area contributed by atoms with Gasteiger partial charge in [0, 0.05) is 23.6 Å². The molecule has 152 valence electrons. The highest BCUT2D eigenvalue weighted by molar-refractivity contribution is 7.90. The van der Waals surface area contributed by atoms with Gasteiger partial charge in [-0.2, -0.15) is 5.10 Å². The lowest BCUT2D eigenvalue weighted by Gasteiger charge is -2.09. The van der Waals surface area contributed by atoms with Crippen LogP contribution >= 0.6 is 0 Å². The van der Waals surface area contributed by atoms with E-state index >= 15 is 0 Å². The highest BCUT2D eigenvalue weighted by Crippen LogP contribution is 2.37. The molecule has 0 bridgehead atoms. The normalized spacial score (nSPS) is 11.9. The number of hydrogen-bond donors (Lipinski definition) is 1. The van der Waals surface area contributed by atoms with Crippen molar-refractivity contribution in [3.63, 3.8) is 0 Å². The van der Waals surface area contributed by atoms with E-state index < -0.39 is 15.7 Å². The third kappa shape index (κ3) is 4.08. The van der Waals surface area contributed by atoms with Gasteiger partial charge in [-0.15, -0.1) is 0 Å². The fourth-order valence-corrected chi connectivity index (χ4v) is 3.70. The number of hydrogen-bond acceptors (Lipinski definition) is 5. The minimum absolute atomic E-state index is 0.110. The van der Waals surface area contributed by atoms with Gasteiger partial charge in [0.2, 0.25) is 0 Å². The van der Waals surface area contributed by atoms with Crippen molar-refractivity contribution in [2.24, 2.45) is 0 Å². The minimum atomic E-state index is -3.33. The van der Waals surface area contributed by atoms with Gasteiger partial charge in [0.05, 0.1) is 24.3 Å². The number of aliphatic hydroxyl groups is 1. The molecule has 0 unspecified atom stereocenters. The zero-order valence-corrected chi connectivity index (χ0v) is 17.1. The van der Waals surface area contributed by atoms with E-state index in [9.17, 15) is 17.9 Å². The summed E-state index contributed by atoms with van der Waals surface area (Å²) in [6, 6.07) is 10.8. The molecule has 0 saturated carbocycles. The van der Waals surface area contributed by atoms with Crippen molar-refractivity contribution in [1.29, 1.82) is 0 Å². The van der Waals surface area contributed by atoms with Gasteiger partial charge in [0.1, 0.15) is 5.69 Å². The molecule has 1 aromatic heterocycles. The van der Waals surface area contributed by atoms with E-state index in [1.54, 1.807) is 30.5 Å². The number of halogens is 1. The zero-order valence-electron chi connectivity index (χ0n) is 16.3. The second-order valence-corrected chi connectivity index (χ2v) is 8.42. The predicted octanol–water partition coefficient (Wildman–Crippen LogP) is 3.75. The molecule has 0 aliphatic heterocycles. The minimum Gasteiger partial charge on any atom is -0.494 e. The summed E-state index contributed by atoms with van der Waals surface area (Å²) in [5.41, 5.74) is 2.69. The molecule has 3 aromatic rings. The van der Waals surface area contributed by atoms with Gasteiger partial charge in [-0.3, -0.25) is 0 Å². The number of ether oxygens (including phenoxy) is 1. The Hall–Kier alpha value is -2.97. The summed E-state index contributed by atoms with van der Waals surface area (Å²) in [5, 5.41) is 14.5. The van der Waals surface area contributed by atoms with Crippen molar-refractivity contribution in [2.45, 2.75) is 18.4 Å². The lowest BCUT2D eigenvalue weighted by Crippen LogP contribution is -1.97. The third-order valence-electron chi connectivity index (χ3n) is 4.45. The Morgan fingerprint density at radius 2 is 1.83 bits per heavy atom. The molecule has 8 heteroatoms. The second kappa shape index (κ2) is 8.18. The molecular weight excluding hydrogens is 395 g/mol. The molecule has 0 aliphatic rings. The lowest BCUT2D eigenvalue weighted by atomic mass is 9.98. The van der Waals surface area contributed by atoms with E-state index in [-0.39, 0.29) is 17.3 Å². The SMILES string of the molecule is CC=Cn1nc(-c2ccc(S(C)(=O)=O)cc2)c(-c2ccc(OC)c(F)c2)c1CO. The van der Waals surface area contributed by atoms with Crippen LogP contribution in [0, 0.1) is 5.82 Å². The summed E-state index contributed by atoms with van der Waals surface area (Å²) in [6.45, 7) is 1.50. The maximum Gasteiger partial charge on any atom is 0.175 e. The molecule has 1 N–H and O–H groups in total. The van der Waals surface area contributed by atoms with Gasteiger partial charge in [-0.25, -0.2) is 17.5 Å². The van der Waals surface area contributed by atoms with Crippen LogP contribution in [0.15, 0.2) is 53.4 Å². The first-order chi connectivity index (χ1) is 13.8. The number of methoxy groups -OCH3 is 1. The van der Waals surface area contributed by atoms with Crippen LogP contribution in [0.4, 0.5) is 4.39 Å². The number of aliphatic hydroxyl groups excluding tert-OH is 1. The molecule has 0 saturated heterocycles. The molecule has 0 spiro atoms. The Bertz CT molecular complexity index is 1170. The van der Waals surface area contributed by atoms with Gasteiger partial charge in [0.25, 0.3) is 0 Å². The van der Waals surface area contributed by atoms with E-state index in [4.69, 9.17) is 4.74 Å². The molecule has 0 amide bonds. The average Bonchev–Trinajstić information content (AvgIpc) is 3.06. The summed E-state index contributed by atoms with van der Waals surface area (Å²) in [4.78, 5) is 0.188. The van der Waals surface area contributed by atoms with Crippen molar-refractivity contribution in [1.82, 2.24) is 9.78 Å². The van der Waals surface area contributed by atoms with Crippen molar-refractivity contribution >= 4 is 16.0 Å². The molecule has 2 aromatic carbocycles. The van der Waals surface area contributed by atoms with E-state index in [1.165, 1.54) is 36.1 Å². The monoisotopic (exact) mass is 416 g/mol. The second-order valence-electron chi connectivity index (χ2n) is 6.40. The van der Waals surface area contributed by atoms with E-state index in [2.05, 4.69) is 5.10 Å². The fraction of sp³-hybridized carbons (Fsp3) is 0.190. The van der Waals surface area contributed by atoms with Crippen LogP contribution < -0.4 is 4.74 Å². The quantitative estimate of drug-likeness (QED) is 0.662. The highest BCUT2D eigenvalue weighted by atomic mass is 32.2.